The summed E-state index contributed by atoms with van der Waals surface area (Å²) in [6, 6.07) is 8.81. The quantitative estimate of drug-likeness (QED) is 0.727. The van der Waals surface area contributed by atoms with Crippen LogP contribution in [0.4, 0.5) is 11.5 Å². The number of piperazine rings is 1. The largest absolute Gasteiger partial charge is 0.368 e. The van der Waals surface area contributed by atoms with E-state index >= 15 is 0 Å². The summed E-state index contributed by atoms with van der Waals surface area (Å²) in [5, 5.41) is 4.49. The lowest BCUT2D eigenvalue weighted by Gasteiger charge is -2.37. The van der Waals surface area contributed by atoms with Crippen molar-refractivity contribution in [1.29, 1.82) is 0 Å². The summed E-state index contributed by atoms with van der Waals surface area (Å²) >= 11 is 0. The van der Waals surface area contributed by atoms with Crippen LogP contribution in [0.5, 0.6) is 0 Å². The van der Waals surface area contributed by atoms with E-state index in [1.807, 2.05) is 23.8 Å². The van der Waals surface area contributed by atoms with E-state index in [2.05, 4.69) is 58.0 Å². The number of aromatic nitrogens is 3. The van der Waals surface area contributed by atoms with Crippen molar-refractivity contribution in [3.05, 3.63) is 53.5 Å². The maximum Gasteiger partial charge on any atom is 0.154 e. The Morgan fingerprint density at radius 2 is 1.67 bits per heavy atom. The zero-order valence-electron chi connectivity index (χ0n) is 14.5. The molecule has 0 aliphatic carbocycles. The van der Waals surface area contributed by atoms with E-state index in [9.17, 15) is 0 Å². The first kappa shape index (κ1) is 15.0. The maximum atomic E-state index is 4.62. The van der Waals surface area contributed by atoms with Gasteiger partial charge < -0.3 is 9.80 Å². The van der Waals surface area contributed by atoms with Gasteiger partial charge in [-0.1, -0.05) is 12.1 Å². The lowest BCUT2D eigenvalue weighted by atomic mass is 10.1. The molecule has 1 aromatic carbocycles. The summed E-state index contributed by atoms with van der Waals surface area (Å²) in [7, 11) is 0. The molecule has 5 nitrogen and oxygen atoms in total. The van der Waals surface area contributed by atoms with E-state index < -0.39 is 0 Å². The normalized spacial score (nSPS) is 15.3. The molecular formula is C19H23N5. The smallest absolute Gasteiger partial charge is 0.154 e. The highest BCUT2D eigenvalue weighted by Crippen LogP contribution is 2.25. The van der Waals surface area contributed by atoms with Crippen molar-refractivity contribution < 1.29 is 0 Å². The van der Waals surface area contributed by atoms with Crippen LogP contribution in [-0.2, 0) is 0 Å². The molecule has 3 heterocycles. The molecule has 5 heteroatoms. The fraction of sp³-hybridized carbons (Fsp3) is 0.368. The monoisotopic (exact) mass is 321 g/mol. The Labute approximate surface area is 142 Å². The standard InChI is InChI=1S/C19H23N5/c1-14-4-5-15(2)17(12-14)22-8-10-23(11-9-22)19-18-13-16(3)21-24(18)7-6-20-19/h4-7,12-13H,8-11H2,1-3H3. The van der Waals surface area contributed by atoms with Crippen LogP contribution in [0.1, 0.15) is 16.8 Å². The van der Waals surface area contributed by atoms with Crippen LogP contribution in [0.3, 0.4) is 0 Å². The fourth-order valence-electron chi connectivity index (χ4n) is 3.49. The third-order valence-electron chi connectivity index (χ3n) is 4.78. The van der Waals surface area contributed by atoms with Crippen LogP contribution in [0, 0.1) is 20.8 Å². The summed E-state index contributed by atoms with van der Waals surface area (Å²) < 4.78 is 1.93. The minimum atomic E-state index is 0.976. The van der Waals surface area contributed by atoms with E-state index in [0.29, 0.717) is 0 Å². The van der Waals surface area contributed by atoms with E-state index in [1.165, 1.54) is 16.8 Å². The van der Waals surface area contributed by atoms with Crippen LogP contribution >= 0.6 is 0 Å². The minimum Gasteiger partial charge on any atom is -0.368 e. The predicted molar refractivity (Wildman–Crippen MR) is 98.1 cm³/mol. The van der Waals surface area contributed by atoms with Crippen molar-refractivity contribution in [2.75, 3.05) is 36.0 Å². The molecule has 1 aliphatic rings. The molecule has 0 unspecified atom stereocenters. The topological polar surface area (TPSA) is 36.7 Å². The van der Waals surface area contributed by atoms with Crippen molar-refractivity contribution in [3.63, 3.8) is 0 Å². The molecule has 124 valence electrons. The number of nitrogens with zero attached hydrogens (tertiary/aromatic N) is 5. The number of hydrogen-bond donors (Lipinski definition) is 0. The number of fused-ring (bicyclic) bond motifs is 1. The second-order valence-corrected chi connectivity index (χ2v) is 6.63. The molecule has 1 aliphatic heterocycles. The van der Waals surface area contributed by atoms with Gasteiger partial charge in [0, 0.05) is 44.3 Å². The molecule has 0 atom stereocenters. The summed E-state index contributed by atoms with van der Waals surface area (Å²) in [5.41, 5.74) is 6.15. The molecule has 1 fully saturated rings. The van der Waals surface area contributed by atoms with Crippen LogP contribution < -0.4 is 9.80 Å². The van der Waals surface area contributed by atoms with Crippen LogP contribution in [0.25, 0.3) is 5.52 Å². The summed E-state index contributed by atoms with van der Waals surface area (Å²) in [6.45, 7) is 10.4. The van der Waals surface area contributed by atoms with Crippen molar-refractivity contribution >= 4 is 17.0 Å². The van der Waals surface area contributed by atoms with Gasteiger partial charge in [0.2, 0.25) is 0 Å². The molecule has 4 rings (SSSR count). The second kappa shape index (κ2) is 5.82. The van der Waals surface area contributed by atoms with Gasteiger partial charge in [-0.2, -0.15) is 5.10 Å². The van der Waals surface area contributed by atoms with Crippen molar-refractivity contribution in [1.82, 2.24) is 14.6 Å². The van der Waals surface area contributed by atoms with Gasteiger partial charge in [-0.05, 0) is 44.0 Å². The third kappa shape index (κ3) is 2.60. The van der Waals surface area contributed by atoms with Gasteiger partial charge in [-0.25, -0.2) is 9.50 Å². The van der Waals surface area contributed by atoms with E-state index in [1.54, 1.807) is 0 Å². The summed E-state index contributed by atoms with van der Waals surface area (Å²) in [6.07, 6.45) is 3.75. The van der Waals surface area contributed by atoms with Gasteiger partial charge in [0.05, 0.1) is 5.69 Å². The highest BCUT2D eigenvalue weighted by molar-refractivity contribution is 5.69. The molecule has 2 aromatic heterocycles. The van der Waals surface area contributed by atoms with Gasteiger partial charge >= 0.3 is 0 Å². The van der Waals surface area contributed by atoms with Gasteiger partial charge in [0.1, 0.15) is 5.52 Å². The number of anilines is 2. The van der Waals surface area contributed by atoms with Crippen molar-refractivity contribution in [2.24, 2.45) is 0 Å². The van der Waals surface area contributed by atoms with E-state index in [0.717, 1.165) is 43.2 Å². The molecule has 0 bridgehead atoms. The number of benzene rings is 1. The van der Waals surface area contributed by atoms with Gasteiger partial charge in [-0.3, -0.25) is 0 Å². The molecule has 0 N–H and O–H groups in total. The van der Waals surface area contributed by atoms with Crippen LogP contribution in [-0.4, -0.2) is 40.8 Å². The first-order valence-electron chi connectivity index (χ1n) is 8.50. The Balaban J connectivity index is 1.56. The van der Waals surface area contributed by atoms with Gasteiger partial charge in [0.25, 0.3) is 0 Å². The maximum absolute atomic E-state index is 4.62. The third-order valence-corrected chi connectivity index (χ3v) is 4.78. The molecule has 0 amide bonds. The molecule has 0 radical (unpaired) electrons. The molecule has 24 heavy (non-hydrogen) atoms. The first-order chi connectivity index (χ1) is 11.6. The molecule has 3 aromatic rings. The first-order valence-corrected chi connectivity index (χ1v) is 8.50. The zero-order valence-corrected chi connectivity index (χ0v) is 14.5. The average molecular weight is 321 g/mol. The number of hydrogen-bond acceptors (Lipinski definition) is 4. The number of aryl methyl sites for hydroxylation is 3. The Bertz CT molecular complexity index is 875. The van der Waals surface area contributed by atoms with E-state index in [-0.39, 0.29) is 0 Å². The molecule has 0 saturated carbocycles. The fourth-order valence-corrected chi connectivity index (χ4v) is 3.49. The van der Waals surface area contributed by atoms with Crippen molar-refractivity contribution in [3.8, 4) is 0 Å². The molecule has 0 spiro atoms. The van der Waals surface area contributed by atoms with Crippen LogP contribution in [0.2, 0.25) is 0 Å². The summed E-state index contributed by atoms with van der Waals surface area (Å²) in [5.74, 6) is 1.04. The Morgan fingerprint density at radius 1 is 0.917 bits per heavy atom. The van der Waals surface area contributed by atoms with Gasteiger partial charge in [0.15, 0.2) is 5.82 Å². The predicted octanol–water partition coefficient (Wildman–Crippen LogP) is 2.98. The average Bonchev–Trinajstić information content (AvgIpc) is 2.97. The lowest BCUT2D eigenvalue weighted by molar-refractivity contribution is 0.646. The molecular weight excluding hydrogens is 298 g/mol. The lowest BCUT2D eigenvalue weighted by Crippen LogP contribution is -2.47. The summed E-state index contributed by atoms with van der Waals surface area (Å²) in [4.78, 5) is 9.48. The zero-order chi connectivity index (χ0) is 16.7. The highest BCUT2D eigenvalue weighted by atomic mass is 15.3. The Morgan fingerprint density at radius 3 is 2.46 bits per heavy atom. The number of rotatable bonds is 2. The second-order valence-electron chi connectivity index (χ2n) is 6.63. The SMILES string of the molecule is Cc1ccc(C)c(N2CCN(c3nccn4nc(C)cc34)CC2)c1. The van der Waals surface area contributed by atoms with Crippen LogP contribution in [0.15, 0.2) is 36.7 Å². The minimum absolute atomic E-state index is 0.976. The Kier molecular flexibility index (Phi) is 3.63. The Hall–Kier alpha value is -2.56. The highest BCUT2D eigenvalue weighted by Gasteiger charge is 2.21. The molecule has 1 saturated heterocycles. The van der Waals surface area contributed by atoms with E-state index in [4.69, 9.17) is 0 Å². The van der Waals surface area contributed by atoms with Gasteiger partial charge in [-0.15, -0.1) is 0 Å². The van der Waals surface area contributed by atoms with Crippen molar-refractivity contribution in [2.45, 2.75) is 20.8 Å².